The van der Waals surface area contributed by atoms with Crippen LogP contribution < -0.4 is 20.4 Å². The van der Waals surface area contributed by atoms with E-state index in [4.69, 9.17) is 9.47 Å². The highest BCUT2D eigenvalue weighted by Crippen LogP contribution is 2.39. The number of ether oxygens (including phenoxy) is 2. The van der Waals surface area contributed by atoms with Crippen molar-refractivity contribution in [2.24, 2.45) is 0 Å². The number of anilines is 5. The number of morpholine rings is 1. The first kappa shape index (κ1) is 26.2. The smallest absolute Gasteiger partial charge is 0.261 e. The Balaban J connectivity index is 1.30. The van der Waals surface area contributed by atoms with E-state index in [-0.39, 0.29) is 30.7 Å². The van der Waals surface area contributed by atoms with E-state index in [2.05, 4.69) is 45.8 Å². The summed E-state index contributed by atoms with van der Waals surface area (Å²) in [5, 5.41) is 13.3. The molecule has 40 heavy (non-hydrogen) atoms. The Morgan fingerprint density at radius 1 is 1.15 bits per heavy atom. The van der Waals surface area contributed by atoms with Gasteiger partial charge in [-0.2, -0.15) is 20.1 Å². The van der Waals surface area contributed by atoms with Crippen LogP contribution in [0.25, 0.3) is 0 Å². The number of aromatic amines is 1. The zero-order valence-corrected chi connectivity index (χ0v) is 21.5. The quantitative estimate of drug-likeness (QED) is 0.332. The minimum Gasteiger partial charge on any atom is -0.378 e. The average Bonchev–Trinajstić information content (AvgIpc) is 3.56. The number of nitrogens with one attached hydrogen (secondary N) is 3. The summed E-state index contributed by atoms with van der Waals surface area (Å²) in [4.78, 5) is 39.0. The Morgan fingerprint density at radius 2 is 1.98 bits per heavy atom. The number of carbonyl (C=O) groups excluding carboxylic acids is 1. The molecule has 0 spiro atoms. The molecule has 3 fully saturated rings. The third-order valence-corrected chi connectivity index (χ3v) is 6.86. The molecule has 2 saturated heterocycles. The van der Waals surface area contributed by atoms with Crippen LogP contribution in [0, 0.1) is 0 Å². The number of nitrogens with zero attached hydrogens (tertiary/aromatic N) is 8. The fourth-order valence-corrected chi connectivity index (χ4v) is 4.73. The molecular weight excluding hydrogens is 528 g/mol. The van der Waals surface area contributed by atoms with E-state index in [0.717, 1.165) is 18.5 Å². The van der Waals surface area contributed by atoms with Gasteiger partial charge in [-0.15, -0.1) is 0 Å². The largest absolute Gasteiger partial charge is 0.378 e. The molecule has 3 aliphatic rings. The maximum absolute atomic E-state index is 13.4. The average molecular weight is 558 g/mol. The zero-order chi connectivity index (χ0) is 27.5. The third-order valence-electron chi connectivity index (χ3n) is 6.86. The van der Waals surface area contributed by atoms with Crippen molar-refractivity contribution >= 4 is 35.4 Å². The molecule has 3 aromatic heterocycles. The van der Waals surface area contributed by atoms with Crippen molar-refractivity contribution in [3.05, 3.63) is 30.4 Å². The fraction of sp³-hybridized carbons (Fsp3) is 0.542. The summed E-state index contributed by atoms with van der Waals surface area (Å²) in [5.74, 6) is 1.76. The summed E-state index contributed by atoms with van der Waals surface area (Å²) in [6.07, 6.45) is 3.51. The fourth-order valence-electron chi connectivity index (χ4n) is 4.73. The van der Waals surface area contributed by atoms with Gasteiger partial charge in [-0.25, -0.2) is 13.8 Å². The normalized spacial score (nSPS) is 21.2. The molecule has 3 aromatic rings. The second-order valence-corrected chi connectivity index (χ2v) is 9.80. The Morgan fingerprint density at radius 3 is 2.73 bits per heavy atom. The molecule has 1 aliphatic carbocycles. The molecule has 14 nitrogen and oxygen atoms in total. The molecule has 1 saturated carbocycles. The van der Waals surface area contributed by atoms with Gasteiger partial charge in [-0.1, -0.05) is 0 Å². The number of aromatic nitrogens is 7. The highest BCUT2D eigenvalue weighted by atomic mass is 19.3. The highest BCUT2D eigenvalue weighted by Gasteiger charge is 2.40. The third kappa shape index (κ3) is 6.22. The number of amides is 1. The molecule has 16 heteroatoms. The molecule has 1 amide bonds. The maximum atomic E-state index is 13.4. The number of halogens is 2. The van der Waals surface area contributed by atoms with Crippen molar-refractivity contribution < 1.29 is 23.0 Å². The molecular formula is C24H29F2N11O3. The van der Waals surface area contributed by atoms with Gasteiger partial charge in [0.25, 0.3) is 6.43 Å². The predicted octanol–water partition coefficient (Wildman–Crippen LogP) is 1.71. The van der Waals surface area contributed by atoms with E-state index in [0.29, 0.717) is 44.0 Å². The van der Waals surface area contributed by atoms with Gasteiger partial charge in [0.2, 0.25) is 23.8 Å². The van der Waals surface area contributed by atoms with Crippen molar-refractivity contribution in [3.8, 4) is 0 Å². The summed E-state index contributed by atoms with van der Waals surface area (Å²) in [5.41, 5.74) is 1.05. The summed E-state index contributed by atoms with van der Waals surface area (Å²) < 4.78 is 36.8. The molecule has 2 aliphatic heterocycles. The molecule has 212 valence electrons. The lowest BCUT2D eigenvalue weighted by molar-refractivity contribution is -0.117. The first-order valence-corrected chi connectivity index (χ1v) is 13.2. The van der Waals surface area contributed by atoms with E-state index in [1.54, 1.807) is 4.90 Å². The van der Waals surface area contributed by atoms with Crippen LogP contribution >= 0.6 is 0 Å². The van der Waals surface area contributed by atoms with E-state index in [9.17, 15) is 13.6 Å². The van der Waals surface area contributed by atoms with Crippen molar-refractivity contribution in [1.29, 1.82) is 0 Å². The Kier molecular flexibility index (Phi) is 7.59. The van der Waals surface area contributed by atoms with Gasteiger partial charge < -0.3 is 29.9 Å². The molecule has 6 rings (SSSR count). The van der Waals surface area contributed by atoms with Gasteiger partial charge in [-0.3, -0.25) is 14.9 Å². The minimum absolute atomic E-state index is 0.130. The first-order valence-electron chi connectivity index (χ1n) is 13.2. The Labute approximate surface area is 227 Å². The SMILES string of the molecule is O=C(Nc1cnccn1)C1CC(OCC(F)F)CN1c1nc(Nc2cc(C3CC3)[nH]n2)nc(N2CCOCC2)n1. The standard InChI is InChI=1S/C24H29F2N11O3/c25-18(26)13-40-15-9-17(21(38)29-20-11-27-3-4-28-20)37(12-15)24-32-22(30-19-10-16(34-35-19)14-1-2-14)31-23(33-24)36-5-7-39-8-6-36/h3-4,10-11,14-15,17-18H,1-2,5-9,12-13H2,(H,28,29,38)(H2,30,31,32,33,34,35). The van der Waals surface area contributed by atoms with E-state index >= 15 is 0 Å². The first-order chi connectivity index (χ1) is 19.5. The predicted molar refractivity (Wildman–Crippen MR) is 139 cm³/mol. The summed E-state index contributed by atoms with van der Waals surface area (Å²) in [6, 6.07) is 1.11. The van der Waals surface area contributed by atoms with Crippen molar-refractivity contribution in [2.45, 2.75) is 43.8 Å². The van der Waals surface area contributed by atoms with Gasteiger partial charge in [0, 0.05) is 56.1 Å². The molecule has 2 atom stereocenters. The summed E-state index contributed by atoms with van der Waals surface area (Å²) >= 11 is 0. The number of rotatable bonds is 10. The maximum Gasteiger partial charge on any atom is 0.261 e. The molecule has 5 heterocycles. The number of hydrogen-bond donors (Lipinski definition) is 3. The minimum atomic E-state index is -2.63. The Bertz CT molecular complexity index is 1300. The molecule has 2 unspecified atom stereocenters. The second-order valence-electron chi connectivity index (χ2n) is 9.80. The lowest BCUT2D eigenvalue weighted by Gasteiger charge is -2.29. The van der Waals surface area contributed by atoms with Crippen molar-refractivity contribution in [3.63, 3.8) is 0 Å². The number of carbonyl (C=O) groups is 1. The van der Waals surface area contributed by atoms with E-state index in [1.165, 1.54) is 18.6 Å². The van der Waals surface area contributed by atoms with Gasteiger partial charge in [0.15, 0.2) is 11.6 Å². The summed E-state index contributed by atoms with van der Waals surface area (Å²) in [6.45, 7) is 1.59. The van der Waals surface area contributed by atoms with Gasteiger partial charge >= 0.3 is 0 Å². The van der Waals surface area contributed by atoms with Crippen LogP contribution in [-0.2, 0) is 14.3 Å². The number of H-pyrrole nitrogens is 1. The lowest BCUT2D eigenvalue weighted by Crippen LogP contribution is -2.42. The van der Waals surface area contributed by atoms with Crippen LogP contribution in [0.15, 0.2) is 24.7 Å². The molecule has 0 bridgehead atoms. The summed E-state index contributed by atoms with van der Waals surface area (Å²) in [7, 11) is 0. The van der Waals surface area contributed by atoms with Crippen molar-refractivity contribution in [2.75, 3.05) is 59.9 Å². The molecule has 0 aromatic carbocycles. The highest BCUT2D eigenvalue weighted by molar-refractivity contribution is 5.96. The molecule has 3 N–H and O–H groups in total. The van der Waals surface area contributed by atoms with Crippen molar-refractivity contribution in [1.82, 2.24) is 35.1 Å². The second kappa shape index (κ2) is 11.6. The topological polar surface area (TPSA) is 159 Å². The molecule has 0 radical (unpaired) electrons. The lowest BCUT2D eigenvalue weighted by atomic mass is 10.2. The Hall–Kier alpha value is -4.05. The van der Waals surface area contributed by atoms with Gasteiger partial charge in [0.1, 0.15) is 12.6 Å². The van der Waals surface area contributed by atoms with Crippen LogP contribution in [0.3, 0.4) is 0 Å². The van der Waals surface area contributed by atoms with Gasteiger partial charge in [-0.05, 0) is 12.8 Å². The van der Waals surface area contributed by atoms with E-state index in [1.807, 2.05) is 11.0 Å². The van der Waals surface area contributed by atoms with Crippen LogP contribution in [0.1, 0.15) is 30.9 Å². The van der Waals surface area contributed by atoms with Gasteiger partial charge in [0.05, 0.1) is 25.5 Å². The van der Waals surface area contributed by atoms with Crippen LogP contribution in [0.2, 0.25) is 0 Å². The van der Waals surface area contributed by atoms with Crippen LogP contribution in [0.4, 0.5) is 38.3 Å². The van der Waals surface area contributed by atoms with E-state index < -0.39 is 31.1 Å². The number of hydrogen-bond acceptors (Lipinski definition) is 12. The van der Waals surface area contributed by atoms with Crippen LogP contribution in [0.5, 0.6) is 0 Å². The zero-order valence-electron chi connectivity index (χ0n) is 21.5. The number of alkyl halides is 2. The van der Waals surface area contributed by atoms with Crippen LogP contribution in [-0.4, -0.2) is 99.1 Å². The monoisotopic (exact) mass is 557 g/mol.